The summed E-state index contributed by atoms with van der Waals surface area (Å²) in [6.45, 7) is 2.02. The minimum absolute atomic E-state index is 0.278. The predicted octanol–water partition coefficient (Wildman–Crippen LogP) is 4.14. The van der Waals surface area contributed by atoms with E-state index in [0.29, 0.717) is 0 Å². The normalized spacial score (nSPS) is 17.6. The lowest BCUT2D eigenvalue weighted by Gasteiger charge is -2.16. The molecule has 0 radical (unpaired) electrons. The zero-order valence-corrected chi connectivity index (χ0v) is 11.0. The molecule has 0 saturated carbocycles. The van der Waals surface area contributed by atoms with Crippen molar-refractivity contribution in [3.05, 3.63) is 58.4 Å². The van der Waals surface area contributed by atoms with E-state index >= 15 is 0 Å². The molecule has 18 heavy (non-hydrogen) atoms. The van der Waals surface area contributed by atoms with Crippen LogP contribution in [0.3, 0.4) is 0 Å². The standard InChI is InChI=1S/C15H15ClN2/c1-10-4-2-6-12(14(10)16)18-13-8-7-11-5-3-9-17-15(11)13/h2-6,9,13,18H,7-8H2,1H3. The maximum Gasteiger partial charge on any atom is 0.0691 e. The molecule has 1 heterocycles. The number of nitrogens with zero attached hydrogens (tertiary/aromatic N) is 1. The second kappa shape index (κ2) is 4.62. The van der Waals surface area contributed by atoms with Crippen molar-refractivity contribution in [1.29, 1.82) is 0 Å². The first kappa shape index (κ1) is 11.5. The van der Waals surface area contributed by atoms with Gasteiger partial charge >= 0.3 is 0 Å². The van der Waals surface area contributed by atoms with Crippen LogP contribution in [0.2, 0.25) is 5.02 Å². The van der Waals surface area contributed by atoms with E-state index in [2.05, 4.69) is 16.4 Å². The van der Waals surface area contributed by atoms with Gasteiger partial charge in [-0.2, -0.15) is 0 Å². The Kier molecular flexibility index (Phi) is 2.96. The van der Waals surface area contributed by atoms with Gasteiger partial charge in [-0.3, -0.25) is 4.98 Å². The summed E-state index contributed by atoms with van der Waals surface area (Å²) in [6.07, 6.45) is 4.03. The third-order valence-corrected chi connectivity index (χ3v) is 3.98. The molecule has 0 spiro atoms. The van der Waals surface area contributed by atoms with Gasteiger partial charge in [0.15, 0.2) is 0 Å². The molecule has 1 atom stereocenters. The maximum atomic E-state index is 6.32. The first-order chi connectivity index (χ1) is 8.75. The van der Waals surface area contributed by atoms with Crippen molar-refractivity contribution in [2.24, 2.45) is 0 Å². The molecule has 1 aromatic heterocycles. The molecule has 1 unspecified atom stereocenters. The molecule has 3 rings (SSSR count). The number of fused-ring (bicyclic) bond motifs is 1. The Morgan fingerprint density at radius 1 is 1.28 bits per heavy atom. The van der Waals surface area contributed by atoms with Crippen LogP contribution in [0.1, 0.15) is 29.3 Å². The number of anilines is 1. The fourth-order valence-electron chi connectivity index (χ4n) is 2.50. The highest BCUT2D eigenvalue weighted by atomic mass is 35.5. The lowest BCUT2D eigenvalue weighted by atomic mass is 10.1. The van der Waals surface area contributed by atoms with E-state index in [1.54, 1.807) is 0 Å². The van der Waals surface area contributed by atoms with Crippen LogP contribution in [-0.2, 0) is 6.42 Å². The molecular weight excluding hydrogens is 244 g/mol. The fourth-order valence-corrected chi connectivity index (χ4v) is 2.68. The summed E-state index contributed by atoms with van der Waals surface area (Å²) in [6, 6.07) is 10.5. The van der Waals surface area contributed by atoms with Crippen molar-refractivity contribution in [3.63, 3.8) is 0 Å². The van der Waals surface area contributed by atoms with Crippen molar-refractivity contribution < 1.29 is 0 Å². The maximum absolute atomic E-state index is 6.32. The van der Waals surface area contributed by atoms with Crippen LogP contribution >= 0.6 is 11.6 Å². The van der Waals surface area contributed by atoms with E-state index in [0.717, 1.165) is 34.8 Å². The van der Waals surface area contributed by atoms with Gasteiger partial charge in [-0.15, -0.1) is 0 Å². The summed E-state index contributed by atoms with van der Waals surface area (Å²) in [5.74, 6) is 0. The largest absolute Gasteiger partial charge is 0.375 e. The molecule has 0 bridgehead atoms. The topological polar surface area (TPSA) is 24.9 Å². The van der Waals surface area contributed by atoms with Crippen LogP contribution in [0.5, 0.6) is 0 Å². The average Bonchev–Trinajstić information content (AvgIpc) is 2.79. The third kappa shape index (κ3) is 1.97. The van der Waals surface area contributed by atoms with Crippen LogP contribution < -0.4 is 5.32 Å². The highest BCUT2D eigenvalue weighted by molar-refractivity contribution is 6.34. The van der Waals surface area contributed by atoms with Crippen LogP contribution in [0.25, 0.3) is 0 Å². The first-order valence-electron chi connectivity index (χ1n) is 6.21. The number of nitrogens with one attached hydrogen (secondary N) is 1. The van der Waals surface area contributed by atoms with E-state index in [1.807, 2.05) is 37.4 Å². The van der Waals surface area contributed by atoms with E-state index in [-0.39, 0.29) is 6.04 Å². The van der Waals surface area contributed by atoms with Crippen molar-refractivity contribution >= 4 is 17.3 Å². The van der Waals surface area contributed by atoms with E-state index in [4.69, 9.17) is 11.6 Å². The second-order valence-electron chi connectivity index (χ2n) is 4.72. The van der Waals surface area contributed by atoms with Crippen molar-refractivity contribution in [1.82, 2.24) is 4.98 Å². The second-order valence-corrected chi connectivity index (χ2v) is 5.10. The molecule has 0 fully saturated rings. The van der Waals surface area contributed by atoms with Gasteiger partial charge in [0.25, 0.3) is 0 Å². The lowest BCUT2D eigenvalue weighted by Crippen LogP contribution is -2.09. The van der Waals surface area contributed by atoms with Crippen LogP contribution in [0.15, 0.2) is 36.5 Å². The molecule has 1 aromatic carbocycles. The average molecular weight is 259 g/mol. The summed E-state index contributed by atoms with van der Waals surface area (Å²) in [4.78, 5) is 4.48. The third-order valence-electron chi connectivity index (χ3n) is 3.48. The smallest absolute Gasteiger partial charge is 0.0691 e. The molecule has 0 aliphatic heterocycles. The molecule has 0 saturated heterocycles. The Labute approximate surface area is 112 Å². The van der Waals surface area contributed by atoms with Crippen molar-refractivity contribution in [2.45, 2.75) is 25.8 Å². The number of pyridine rings is 1. The molecule has 2 aromatic rings. The van der Waals surface area contributed by atoms with Gasteiger partial charge < -0.3 is 5.32 Å². The number of halogens is 1. The summed E-state index contributed by atoms with van der Waals surface area (Å²) >= 11 is 6.32. The molecule has 2 nitrogen and oxygen atoms in total. The fraction of sp³-hybridized carbons (Fsp3) is 0.267. The Morgan fingerprint density at radius 2 is 2.17 bits per heavy atom. The molecule has 1 aliphatic carbocycles. The van der Waals surface area contributed by atoms with Crippen molar-refractivity contribution in [2.75, 3.05) is 5.32 Å². The van der Waals surface area contributed by atoms with Gasteiger partial charge in [-0.05, 0) is 43.0 Å². The van der Waals surface area contributed by atoms with E-state index in [1.165, 1.54) is 5.56 Å². The quantitative estimate of drug-likeness (QED) is 0.876. The highest BCUT2D eigenvalue weighted by Gasteiger charge is 2.23. The Bertz CT molecular complexity index is 580. The number of hydrogen-bond donors (Lipinski definition) is 1. The zero-order chi connectivity index (χ0) is 12.5. The Hall–Kier alpha value is -1.54. The molecular formula is C15H15ClN2. The number of aryl methyl sites for hydroxylation is 2. The molecule has 1 aliphatic rings. The van der Waals surface area contributed by atoms with Gasteiger partial charge in [0, 0.05) is 6.20 Å². The Balaban J connectivity index is 1.89. The van der Waals surface area contributed by atoms with E-state index in [9.17, 15) is 0 Å². The SMILES string of the molecule is Cc1cccc(NC2CCc3cccnc32)c1Cl. The number of rotatable bonds is 2. The van der Waals surface area contributed by atoms with Crippen LogP contribution in [0, 0.1) is 6.92 Å². The summed E-state index contributed by atoms with van der Waals surface area (Å²) in [7, 11) is 0. The van der Waals surface area contributed by atoms with Crippen molar-refractivity contribution in [3.8, 4) is 0 Å². The highest BCUT2D eigenvalue weighted by Crippen LogP contribution is 2.34. The van der Waals surface area contributed by atoms with Crippen LogP contribution in [-0.4, -0.2) is 4.98 Å². The number of aromatic nitrogens is 1. The van der Waals surface area contributed by atoms with Gasteiger partial charge in [0.1, 0.15) is 0 Å². The van der Waals surface area contributed by atoms with Gasteiger partial charge in [-0.1, -0.05) is 29.8 Å². The molecule has 3 heteroatoms. The zero-order valence-electron chi connectivity index (χ0n) is 10.3. The minimum Gasteiger partial charge on any atom is -0.375 e. The lowest BCUT2D eigenvalue weighted by molar-refractivity contribution is 0.746. The van der Waals surface area contributed by atoms with E-state index < -0.39 is 0 Å². The van der Waals surface area contributed by atoms with Crippen LogP contribution in [0.4, 0.5) is 5.69 Å². The Morgan fingerprint density at radius 3 is 3.06 bits per heavy atom. The van der Waals surface area contributed by atoms with Gasteiger partial charge in [-0.25, -0.2) is 0 Å². The summed E-state index contributed by atoms with van der Waals surface area (Å²) in [5, 5.41) is 4.32. The molecule has 92 valence electrons. The summed E-state index contributed by atoms with van der Waals surface area (Å²) in [5.41, 5.74) is 4.61. The minimum atomic E-state index is 0.278. The van der Waals surface area contributed by atoms with Gasteiger partial charge in [0.05, 0.1) is 22.4 Å². The first-order valence-corrected chi connectivity index (χ1v) is 6.59. The predicted molar refractivity (Wildman–Crippen MR) is 75.1 cm³/mol. The monoisotopic (exact) mass is 258 g/mol. The van der Waals surface area contributed by atoms with Gasteiger partial charge in [0.2, 0.25) is 0 Å². The number of hydrogen-bond acceptors (Lipinski definition) is 2. The molecule has 1 N–H and O–H groups in total. The summed E-state index contributed by atoms with van der Waals surface area (Å²) < 4.78 is 0. The number of benzene rings is 1. The molecule has 0 amide bonds.